The molecule has 0 saturated carbocycles. The van der Waals surface area contributed by atoms with E-state index in [2.05, 4.69) is 0 Å². The maximum atomic E-state index is 13.8. The first-order valence-electron chi connectivity index (χ1n) is 12.8. The van der Waals surface area contributed by atoms with Crippen molar-refractivity contribution in [2.45, 2.75) is 32.4 Å². The summed E-state index contributed by atoms with van der Waals surface area (Å²) in [6, 6.07) is 21.8. The molecule has 39 heavy (non-hydrogen) atoms. The highest BCUT2D eigenvalue weighted by molar-refractivity contribution is 6.33. The molecule has 0 N–H and O–H groups in total. The Balaban J connectivity index is 1.58. The number of aromatic nitrogens is 2. The molecule has 1 fully saturated rings. The summed E-state index contributed by atoms with van der Waals surface area (Å²) in [6.07, 6.45) is 1.80. The van der Waals surface area contributed by atoms with Crippen molar-refractivity contribution in [2.75, 3.05) is 20.3 Å². The van der Waals surface area contributed by atoms with Crippen LogP contribution in [0.1, 0.15) is 34.5 Å². The molecule has 3 aromatic carbocycles. The summed E-state index contributed by atoms with van der Waals surface area (Å²) < 4.78 is 19.7. The average molecular weight is 566 g/mol. The van der Waals surface area contributed by atoms with Crippen molar-refractivity contribution >= 4 is 29.1 Å². The second-order valence-corrected chi connectivity index (χ2v) is 10.2. The summed E-state index contributed by atoms with van der Waals surface area (Å²) in [4.78, 5) is 15.6. The monoisotopic (exact) mass is 565 g/mol. The SMILES string of the molecule is COc1ccccc1Oc1c(CN(C[C@@H]2CCCO2)C(=O)c2ccccc2Cl)c(C)nn1-c1ccc(Cl)cc1. The van der Waals surface area contributed by atoms with Crippen LogP contribution in [0.4, 0.5) is 0 Å². The quantitative estimate of drug-likeness (QED) is 0.216. The minimum Gasteiger partial charge on any atom is -0.493 e. The molecule has 1 atom stereocenters. The van der Waals surface area contributed by atoms with Gasteiger partial charge < -0.3 is 19.1 Å². The first-order chi connectivity index (χ1) is 18.9. The zero-order chi connectivity index (χ0) is 27.4. The highest BCUT2D eigenvalue weighted by Crippen LogP contribution is 2.36. The average Bonchev–Trinajstić information content (AvgIpc) is 3.57. The molecular weight excluding hydrogens is 537 g/mol. The molecule has 0 spiro atoms. The van der Waals surface area contributed by atoms with Gasteiger partial charge in [-0.15, -0.1) is 0 Å². The molecule has 0 aliphatic carbocycles. The van der Waals surface area contributed by atoms with E-state index in [9.17, 15) is 4.79 Å². The van der Waals surface area contributed by atoms with Crippen molar-refractivity contribution < 1.29 is 19.0 Å². The highest BCUT2D eigenvalue weighted by Gasteiger charge is 2.29. The smallest absolute Gasteiger partial charge is 0.255 e. The minimum atomic E-state index is -0.182. The van der Waals surface area contributed by atoms with Gasteiger partial charge in [0.1, 0.15) is 0 Å². The van der Waals surface area contributed by atoms with Crippen LogP contribution in [0.5, 0.6) is 17.4 Å². The van der Waals surface area contributed by atoms with Crippen molar-refractivity contribution in [1.29, 1.82) is 0 Å². The van der Waals surface area contributed by atoms with E-state index in [0.29, 0.717) is 46.1 Å². The Kier molecular flexibility index (Phi) is 8.41. The van der Waals surface area contributed by atoms with Crippen LogP contribution in [0.25, 0.3) is 5.69 Å². The van der Waals surface area contributed by atoms with Crippen LogP contribution in [0.15, 0.2) is 72.8 Å². The van der Waals surface area contributed by atoms with Gasteiger partial charge in [0.2, 0.25) is 5.88 Å². The second-order valence-electron chi connectivity index (χ2n) is 9.31. The third kappa shape index (κ3) is 6.06. The molecule has 0 bridgehead atoms. The maximum Gasteiger partial charge on any atom is 0.255 e. The molecule has 0 radical (unpaired) electrons. The standard InChI is InChI=1S/C30H29Cl2N3O4/c1-20-25(19-34(18-23-8-7-17-38-23)29(36)24-9-3-4-10-26(24)32)30(39-28-12-6-5-11-27(28)37-2)35(33-20)22-15-13-21(31)14-16-22/h3-6,9-16,23H,7-8,17-19H2,1-2H3/t23-/m0/s1. The number of halogens is 2. The van der Waals surface area contributed by atoms with Crippen LogP contribution in [0.2, 0.25) is 10.0 Å². The van der Waals surface area contributed by atoms with Crippen LogP contribution >= 0.6 is 23.2 Å². The summed E-state index contributed by atoms with van der Waals surface area (Å²) in [5.74, 6) is 1.40. The number of para-hydroxylation sites is 2. The zero-order valence-electron chi connectivity index (χ0n) is 21.8. The first kappa shape index (κ1) is 27.1. The highest BCUT2D eigenvalue weighted by atomic mass is 35.5. The topological polar surface area (TPSA) is 65.8 Å². The number of carbonyl (C=O) groups excluding carboxylic acids is 1. The van der Waals surface area contributed by atoms with E-state index < -0.39 is 0 Å². The number of rotatable bonds is 9. The second kappa shape index (κ2) is 12.1. The van der Waals surface area contributed by atoms with Crippen molar-refractivity contribution in [3.05, 3.63) is 99.7 Å². The largest absolute Gasteiger partial charge is 0.493 e. The van der Waals surface area contributed by atoms with Gasteiger partial charge in [-0.05, 0) is 68.3 Å². The van der Waals surface area contributed by atoms with Crippen LogP contribution in [-0.4, -0.2) is 47.0 Å². The van der Waals surface area contributed by atoms with Crippen LogP contribution < -0.4 is 9.47 Å². The lowest BCUT2D eigenvalue weighted by Crippen LogP contribution is -2.37. The van der Waals surface area contributed by atoms with E-state index in [-0.39, 0.29) is 18.6 Å². The maximum absolute atomic E-state index is 13.8. The molecule has 202 valence electrons. The molecule has 4 aromatic rings. The number of amides is 1. The molecule has 7 nitrogen and oxygen atoms in total. The van der Waals surface area contributed by atoms with E-state index in [1.165, 1.54) is 0 Å². The first-order valence-corrected chi connectivity index (χ1v) is 13.5. The Labute approximate surface area is 237 Å². The van der Waals surface area contributed by atoms with Crippen molar-refractivity contribution in [2.24, 2.45) is 0 Å². The number of hydrogen-bond acceptors (Lipinski definition) is 5. The molecule has 1 saturated heterocycles. The molecule has 0 unspecified atom stereocenters. The number of hydrogen-bond donors (Lipinski definition) is 0. The molecule has 2 heterocycles. The lowest BCUT2D eigenvalue weighted by molar-refractivity contribution is 0.0505. The van der Waals surface area contributed by atoms with Gasteiger partial charge in [0.25, 0.3) is 5.91 Å². The van der Waals surface area contributed by atoms with Crippen molar-refractivity contribution in [3.8, 4) is 23.1 Å². The molecular formula is C30H29Cl2N3O4. The van der Waals surface area contributed by atoms with Crippen LogP contribution in [0.3, 0.4) is 0 Å². The predicted molar refractivity (Wildman–Crippen MR) is 152 cm³/mol. The van der Waals surface area contributed by atoms with Gasteiger partial charge in [0.15, 0.2) is 11.5 Å². The number of carbonyl (C=O) groups is 1. The Hall–Kier alpha value is -3.52. The van der Waals surface area contributed by atoms with Crippen LogP contribution in [0, 0.1) is 6.92 Å². The Morgan fingerprint density at radius 1 is 1.05 bits per heavy atom. The van der Waals surface area contributed by atoms with Crippen molar-refractivity contribution in [3.63, 3.8) is 0 Å². The number of benzene rings is 3. The fourth-order valence-electron chi connectivity index (χ4n) is 4.64. The van der Waals surface area contributed by atoms with Gasteiger partial charge >= 0.3 is 0 Å². The molecule has 1 amide bonds. The van der Waals surface area contributed by atoms with Crippen LogP contribution in [-0.2, 0) is 11.3 Å². The Morgan fingerprint density at radius 2 is 1.77 bits per heavy atom. The van der Waals surface area contributed by atoms with E-state index in [1.807, 2.05) is 55.5 Å². The third-order valence-electron chi connectivity index (χ3n) is 6.67. The Morgan fingerprint density at radius 3 is 2.46 bits per heavy atom. The number of ether oxygens (including phenoxy) is 3. The van der Waals surface area contributed by atoms with Crippen molar-refractivity contribution in [1.82, 2.24) is 14.7 Å². The van der Waals surface area contributed by atoms with Gasteiger partial charge in [-0.25, -0.2) is 4.68 Å². The van der Waals surface area contributed by atoms with E-state index >= 15 is 0 Å². The molecule has 1 aliphatic rings. The summed E-state index contributed by atoms with van der Waals surface area (Å²) in [7, 11) is 1.59. The minimum absolute atomic E-state index is 0.0540. The number of methoxy groups -OCH3 is 1. The third-order valence-corrected chi connectivity index (χ3v) is 7.25. The zero-order valence-corrected chi connectivity index (χ0v) is 23.3. The molecule has 1 aliphatic heterocycles. The summed E-state index contributed by atoms with van der Waals surface area (Å²) in [6.45, 7) is 3.26. The molecule has 9 heteroatoms. The van der Waals surface area contributed by atoms with E-state index in [1.54, 1.807) is 41.0 Å². The summed E-state index contributed by atoms with van der Waals surface area (Å²) in [5, 5.41) is 5.82. The normalized spacial score (nSPS) is 14.8. The predicted octanol–water partition coefficient (Wildman–Crippen LogP) is 7.11. The number of aryl methyl sites for hydroxylation is 1. The lowest BCUT2D eigenvalue weighted by atomic mass is 10.1. The molecule has 1 aromatic heterocycles. The van der Waals surface area contributed by atoms with Gasteiger partial charge in [-0.2, -0.15) is 5.10 Å². The number of nitrogens with zero attached hydrogens (tertiary/aromatic N) is 3. The lowest BCUT2D eigenvalue weighted by Gasteiger charge is -2.26. The van der Waals surface area contributed by atoms with Gasteiger partial charge in [-0.3, -0.25) is 4.79 Å². The Bertz CT molecular complexity index is 1450. The van der Waals surface area contributed by atoms with E-state index in [4.69, 9.17) is 42.5 Å². The fraction of sp³-hybridized carbons (Fsp3) is 0.267. The summed E-state index contributed by atoms with van der Waals surface area (Å²) in [5.41, 5.74) is 2.68. The van der Waals surface area contributed by atoms with Gasteiger partial charge in [0.05, 0.1) is 47.3 Å². The fourth-order valence-corrected chi connectivity index (χ4v) is 4.98. The van der Waals surface area contributed by atoms with Gasteiger partial charge in [-0.1, -0.05) is 47.5 Å². The van der Waals surface area contributed by atoms with E-state index in [0.717, 1.165) is 29.8 Å². The van der Waals surface area contributed by atoms with Gasteiger partial charge in [0, 0.05) is 18.2 Å². The molecule has 5 rings (SSSR count). The summed E-state index contributed by atoms with van der Waals surface area (Å²) >= 11 is 12.6.